The zero-order valence-electron chi connectivity index (χ0n) is 11.7. The van der Waals surface area contributed by atoms with Crippen LogP contribution in [-0.2, 0) is 0 Å². The van der Waals surface area contributed by atoms with E-state index in [1.54, 1.807) is 19.2 Å². The molecule has 0 aliphatic heterocycles. The molecule has 1 aromatic heterocycles. The molecule has 1 heterocycles. The molecule has 3 heteroatoms. The van der Waals surface area contributed by atoms with Crippen LogP contribution >= 0.6 is 0 Å². The molecule has 19 heavy (non-hydrogen) atoms. The Hall–Kier alpha value is -2.03. The van der Waals surface area contributed by atoms with Gasteiger partial charge in [-0.2, -0.15) is 0 Å². The lowest BCUT2D eigenvalue weighted by atomic mass is 9.94. The average Bonchev–Trinajstić information content (AvgIpc) is 2.91. The number of benzene rings is 1. The monoisotopic (exact) mass is 258 g/mol. The van der Waals surface area contributed by atoms with Crippen LogP contribution in [0.15, 0.2) is 34.9 Å². The van der Waals surface area contributed by atoms with Gasteiger partial charge in [-0.05, 0) is 48.2 Å². The number of hydrogen-bond acceptors (Lipinski definition) is 3. The van der Waals surface area contributed by atoms with E-state index >= 15 is 0 Å². The van der Waals surface area contributed by atoms with Crippen molar-refractivity contribution in [3.8, 4) is 5.75 Å². The number of furan rings is 1. The number of rotatable bonds is 4. The summed E-state index contributed by atoms with van der Waals surface area (Å²) in [4.78, 5) is 12.4. The summed E-state index contributed by atoms with van der Waals surface area (Å²) in [6.45, 7) is 6.06. The largest absolute Gasteiger partial charge is 0.496 e. The van der Waals surface area contributed by atoms with Crippen LogP contribution in [0.1, 0.15) is 47.0 Å². The van der Waals surface area contributed by atoms with Crippen molar-refractivity contribution in [2.45, 2.75) is 26.7 Å². The number of hydrogen-bond donors (Lipinski definition) is 0. The van der Waals surface area contributed by atoms with Gasteiger partial charge < -0.3 is 9.15 Å². The molecule has 1 aromatic carbocycles. The standard InChI is InChI=1S/C16H18O3/c1-10(2)12-9-13(11(3)8-15(12)18-4)16(17)14-6-5-7-19-14/h5-10H,1-4H3. The van der Waals surface area contributed by atoms with Crippen molar-refractivity contribution in [2.24, 2.45) is 0 Å². The quantitative estimate of drug-likeness (QED) is 0.779. The van der Waals surface area contributed by atoms with Gasteiger partial charge in [0.2, 0.25) is 5.78 Å². The highest BCUT2D eigenvalue weighted by Gasteiger charge is 2.18. The first kappa shape index (κ1) is 13.4. The molecule has 2 aromatic rings. The van der Waals surface area contributed by atoms with Crippen molar-refractivity contribution in [3.05, 3.63) is 53.0 Å². The molecule has 0 spiro atoms. The summed E-state index contributed by atoms with van der Waals surface area (Å²) in [5, 5.41) is 0. The highest BCUT2D eigenvalue weighted by Crippen LogP contribution is 2.30. The lowest BCUT2D eigenvalue weighted by Crippen LogP contribution is -2.05. The maximum absolute atomic E-state index is 12.4. The van der Waals surface area contributed by atoms with E-state index < -0.39 is 0 Å². The molecule has 0 unspecified atom stereocenters. The first-order chi connectivity index (χ1) is 9.04. The highest BCUT2D eigenvalue weighted by molar-refractivity contribution is 6.08. The summed E-state index contributed by atoms with van der Waals surface area (Å²) in [6, 6.07) is 7.21. The van der Waals surface area contributed by atoms with E-state index in [1.165, 1.54) is 6.26 Å². The van der Waals surface area contributed by atoms with E-state index in [2.05, 4.69) is 13.8 Å². The second kappa shape index (κ2) is 5.31. The maximum Gasteiger partial charge on any atom is 0.228 e. The van der Waals surface area contributed by atoms with E-state index in [0.717, 1.165) is 16.9 Å². The lowest BCUT2D eigenvalue weighted by Gasteiger charge is -2.15. The van der Waals surface area contributed by atoms with Crippen LogP contribution in [-0.4, -0.2) is 12.9 Å². The number of aryl methyl sites for hydroxylation is 1. The molecule has 2 rings (SSSR count). The molecule has 0 aliphatic rings. The van der Waals surface area contributed by atoms with Crippen molar-refractivity contribution in [2.75, 3.05) is 7.11 Å². The zero-order chi connectivity index (χ0) is 14.0. The first-order valence-electron chi connectivity index (χ1n) is 6.31. The van der Waals surface area contributed by atoms with E-state index in [1.807, 2.05) is 19.1 Å². The van der Waals surface area contributed by atoms with Gasteiger partial charge in [0, 0.05) is 5.56 Å². The van der Waals surface area contributed by atoms with Gasteiger partial charge >= 0.3 is 0 Å². The first-order valence-corrected chi connectivity index (χ1v) is 6.31. The minimum absolute atomic E-state index is 0.0907. The third-order valence-corrected chi connectivity index (χ3v) is 3.19. The Morgan fingerprint density at radius 1 is 1.32 bits per heavy atom. The minimum atomic E-state index is -0.0907. The van der Waals surface area contributed by atoms with Gasteiger partial charge in [-0.1, -0.05) is 13.8 Å². The van der Waals surface area contributed by atoms with E-state index in [4.69, 9.17) is 9.15 Å². The molecule has 0 saturated carbocycles. The number of methoxy groups -OCH3 is 1. The Morgan fingerprint density at radius 3 is 2.58 bits per heavy atom. The van der Waals surface area contributed by atoms with Gasteiger partial charge in [0.1, 0.15) is 5.75 Å². The molecule has 0 radical (unpaired) electrons. The molecule has 0 aliphatic carbocycles. The lowest BCUT2D eigenvalue weighted by molar-refractivity contribution is 0.101. The average molecular weight is 258 g/mol. The van der Waals surface area contributed by atoms with Crippen LogP contribution < -0.4 is 4.74 Å². The summed E-state index contributed by atoms with van der Waals surface area (Å²) in [5.74, 6) is 1.39. The van der Waals surface area contributed by atoms with Gasteiger partial charge in [0.05, 0.1) is 13.4 Å². The Labute approximate surface area is 113 Å². The maximum atomic E-state index is 12.4. The SMILES string of the molecule is COc1cc(C)c(C(=O)c2ccco2)cc1C(C)C. The topological polar surface area (TPSA) is 39.4 Å². The van der Waals surface area contributed by atoms with Gasteiger partial charge in [0.25, 0.3) is 0 Å². The molecule has 0 bridgehead atoms. The minimum Gasteiger partial charge on any atom is -0.496 e. The Balaban J connectivity index is 2.52. The molecule has 0 saturated heterocycles. The van der Waals surface area contributed by atoms with Crippen LogP contribution in [0, 0.1) is 6.92 Å². The van der Waals surface area contributed by atoms with Crippen molar-refractivity contribution in [1.29, 1.82) is 0 Å². The highest BCUT2D eigenvalue weighted by atomic mass is 16.5. The van der Waals surface area contributed by atoms with Crippen molar-refractivity contribution in [3.63, 3.8) is 0 Å². The molecule has 0 fully saturated rings. The van der Waals surface area contributed by atoms with Gasteiger partial charge in [0.15, 0.2) is 5.76 Å². The van der Waals surface area contributed by atoms with Crippen molar-refractivity contribution < 1.29 is 13.9 Å². The van der Waals surface area contributed by atoms with Crippen molar-refractivity contribution >= 4 is 5.78 Å². The normalized spacial score (nSPS) is 10.8. The number of carbonyl (C=O) groups is 1. The van der Waals surface area contributed by atoms with Gasteiger partial charge in [-0.3, -0.25) is 4.79 Å². The summed E-state index contributed by atoms with van der Waals surface area (Å²) in [6.07, 6.45) is 1.51. The predicted molar refractivity (Wildman–Crippen MR) is 74.0 cm³/mol. The Bertz CT molecular complexity index is 580. The summed E-state index contributed by atoms with van der Waals surface area (Å²) in [5.41, 5.74) is 2.59. The van der Waals surface area contributed by atoms with Crippen LogP contribution in [0.3, 0.4) is 0 Å². The van der Waals surface area contributed by atoms with E-state index in [-0.39, 0.29) is 5.78 Å². The Morgan fingerprint density at radius 2 is 2.05 bits per heavy atom. The van der Waals surface area contributed by atoms with Crippen molar-refractivity contribution in [1.82, 2.24) is 0 Å². The molecular formula is C16H18O3. The molecule has 0 amide bonds. The van der Waals surface area contributed by atoms with Crippen LogP contribution in [0.4, 0.5) is 0 Å². The number of ketones is 1. The van der Waals surface area contributed by atoms with Gasteiger partial charge in [-0.15, -0.1) is 0 Å². The summed E-state index contributed by atoms with van der Waals surface area (Å²) < 4.78 is 10.6. The smallest absolute Gasteiger partial charge is 0.228 e. The summed E-state index contributed by atoms with van der Waals surface area (Å²) in [7, 11) is 1.65. The zero-order valence-corrected chi connectivity index (χ0v) is 11.7. The van der Waals surface area contributed by atoms with E-state index in [9.17, 15) is 4.79 Å². The molecule has 100 valence electrons. The second-order valence-corrected chi connectivity index (χ2v) is 4.87. The second-order valence-electron chi connectivity index (χ2n) is 4.87. The Kier molecular flexibility index (Phi) is 3.74. The molecular weight excluding hydrogens is 240 g/mol. The molecule has 3 nitrogen and oxygen atoms in total. The third-order valence-electron chi connectivity index (χ3n) is 3.19. The molecule has 0 N–H and O–H groups in total. The molecule has 0 atom stereocenters. The third kappa shape index (κ3) is 2.55. The fourth-order valence-electron chi connectivity index (χ4n) is 2.11. The summed E-state index contributed by atoms with van der Waals surface area (Å²) >= 11 is 0. The van der Waals surface area contributed by atoms with Gasteiger partial charge in [-0.25, -0.2) is 0 Å². The predicted octanol–water partition coefficient (Wildman–Crippen LogP) is 3.95. The number of ether oxygens (including phenoxy) is 1. The van der Waals surface area contributed by atoms with Crippen LogP contribution in [0.25, 0.3) is 0 Å². The van der Waals surface area contributed by atoms with E-state index in [0.29, 0.717) is 17.2 Å². The number of carbonyl (C=O) groups excluding carboxylic acids is 1. The van der Waals surface area contributed by atoms with Crippen LogP contribution in [0.5, 0.6) is 5.75 Å². The van der Waals surface area contributed by atoms with Crippen LogP contribution in [0.2, 0.25) is 0 Å². The fourth-order valence-corrected chi connectivity index (χ4v) is 2.11. The fraction of sp³-hybridized carbons (Fsp3) is 0.312.